The van der Waals surface area contributed by atoms with Crippen LogP contribution in [0.2, 0.25) is 0 Å². The van der Waals surface area contributed by atoms with Gasteiger partial charge in [0, 0.05) is 23.3 Å². The van der Waals surface area contributed by atoms with Gasteiger partial charge in [-0.05, 0) is 60.9 Å². The van der Waals surface area contributed by atoms with Crippen LogP contribution >= 0.6 is 0 Å². The summed E-state index contributed by atoms with van der Waals surface area (Å²) in [5, 5.41) is 0. The maximum atomic E-state index is 5.49. The van der Waals surface area contributed by atoms with E-state index in [0.29, 0.717) is 0 Å². The van der Waals surface area contributed by atoms with Crippen LogP contribution in [0.15, 0.2) is 65.8 Å². The average molecular weight is 314 g/mol. The van der Waals surface area contributed by atoms with Crippen LogP contribution in [-0.4, -0.2) is 17.4 Å². The molecule has 3 heterocycles. The number of benzene rings is 2. The van der Waals surface area contributed by atoms with Gasteiger partial charge in [-0.15, -0.1) is 0 Å². The van der Waals surface area contributed by atoms with Gasteiger partial charge >= 0.3 is 0 Å². The minimum Gasteiger partial charge on any atom is -0.497 e. The van der Waals surface area contributed by atoms with Gasteiger partial charge < -0.3 is 9.30 Å². The Kier molecular flexibility index (Phi) is 2.61. The third-order valence-electron chi connectivity index (χ3n) is 5.46. The van der Waals surface area contributed by atoms with E-state index in [9.17, 15) is 0 Å². The first-order valence-electron chi connectivity index (χ1n) is 8.24. The van der Waals surface area contributed by atoms with E-state index in [4.69, 9.17) is 9.73 Å². The highest BCUT2D eigenvalue weighted by Crippen LogP contribution is 2.51. The van der Waals surface area contributed by atoms with Crippen molar-refractivity contribution >= 4 is 11.4 Å². The van der Waals surface area contributed by atoms with E-state index in [-0.39, 0.29) is 5.41 Å². The maximum absolute atomic E-state index is 5.49. The summed E-state index contributed by atoms with van der Waals surface area (Å²) in [6.45, 7) is 2.15. The molecule has 24 heavy (non-hydrogen) atoms. The van der Waals surface area contributed by atoms with Gasteiger partial charge in [0.15, 0.2) is 0 Å². The normalized spacial score (nSPS) is 20.3. The molecule has 0 saturated heterocycles. The number of ether oxygens (including phenoxy) is 1. The number of para-hydroxylation sites is 1. The van der Waals surface area contributed by atoms with Crippen molar-refractivity contribution in [2.24, 2.45) is 4.99 Å². The lowest BCUT2D eigenvalue weighted by Gasteiger charge is -2.37. The van der Waals surface area contributed by atoms with Crippen LogP contribution < -0.4 is 4.74 Å². The van der Waals surface area contributed by atoms with Crippen molar-refractivity contribution in [3.8, 4) is 11.4 Å². The van der Waals surface area contributed by atoms with Crippen molar-refractivity contribution < 1.29 is 4.74 Å². The van der Waals surface area contributed by atoms with Gasteiger partial charge in [-0.2, -0.15) is 0 Å². The molecule has 1 spiro atoms. The fourth-order valence-corrected chi connectivity index (χ4v) is 4.31. The molecule has 0 amide bonds. The first kappa shape index (κ1) is 13.6. The van der Waals surface area contributed by atoms with Crippen molar-refractivity contribution in [2.45, 2.75) is 18.8 Å². The number of nitrogens with zero attached hydrogens (tertiary/aromatic N) is 2. The van der Waals surface area contributed by atoms with E-state index < -0.39 is 0 Å². The molecule has 1 aromatic heterocycles. The molecule has 0 radical (unpaired) electrons. The van der Waals surface area contributed by atoms with E-state index in [0.717, 1.165) is 23.6 Å². The molecule has 0 fully saturated rings. The Bertz CT molecular complexity index is 999. The zero-order chi connectivity index (χ0) is 16.3. The van der Waals surface area contributed by atoms with Gasteiger partial charge in [-0.25, -0.2) is 0 Å². The van der Waals surface area contributed by atoms with Gasteiger partial charge in [0.2, 0.25) is 0 Å². The summed E-state index contributed by atoms with van der Waals surface area (Å²) < 4.78 is 7.80. The Morgan fingerprint density at radius 2 is 1.96 bits per heavy atom. The minimum absolute atomic E-state index is 0.207. The molecule has 2 aromatic carbocycles. The number of hydrogen-bond acceptors (Lipinski definition) is 2. The fourth-order valence-electron chi connectivity index (χ4n) is 4.31. The lowest BCUT2D eigenvalue weighted by molar-refractivity contribution is 0.413. The molecule has 3 heteroatoms. The molecule has 0 bridgehead atoms. The molecule has 5 rings (SSSR count). The molecule has 2 aliphatic heterocycles. The summed E-state index contributed by atoms with van der Waals surface area (Å²) in [5.41, 5.74) is 7.16. The zero-order valence-electron chi connectivity index (χ0n) is 13.8. The smallest absolute Gasteiger partial charge is 0.119 e. The van der Waals surface area contributed by atoms with Crippen LogP contribution in [0.4, 0.5) is 5.69 Å². The Labute approximate surface area is 141 Å². The van der Waals surface area contributed by atoms with Gasteiger partial charge in [0.25, 0.3) is 0 Å². The van der Waals surface area contributed by atoms with Gasteiger partial charge in [-0.3, -0.25) is 4.99 Å². The van der Waals surface area contributed by atoms with E-state index in [1.165, 1.54) is 22.5 Å². The lowest BCUT2D eigenvalue weighted by Crippen LogP contribution is -2.40. The SMILES string of the molecule is COc1ccc2c(c1)C1(Cc3ccccc3-n3cccc31)C(C)=N2. The van der Waals surface area contributed by atoms with Crippen molar-refractivity contribution in [3.63, 3.8) is 0 Å². The predicted octanol–water partition coefficient (Wildman–Crippen LogP) is 4.43. The number of fused-ring (bicyclic) bond motifs is 6. The molecule has 1 atom stereocenters. The summed E-state index contributed by atoms with van der Waals surface area (Å²) >= 11 is 0. The summed E-state index contributed by atoms with van der Waals surface area (Å²) in [4.78, 5) is 4.90. The number of hydrogen-bond donors (Lipinski definition) is 0. The third-order valence-corrected chi connectivity index (χ3v) is 5.46. The number of rotatable bonds is 1. The van der Waals surface area contributed by atoms with Gasteiger partial charge in [-0.1, -0.05) is 18.2 Å². The summed E-state index contributed by atoms with van der Waals surface area (Å²) in [6.07, 6.45) is 3.09. The minimum atomic E-state index is -0.207. The van der Waals surface area contributed by atoms with E-state index in [1.807, 2.05) is 6.07 Å². The summed E-state index contributed by atoms with van der Waals surface area (Å²) in [6, 6.07) is 19.2. The topological polar surface area (TPSA) is 26.5 Å². The quantitative estimate of drug-likeness (QED) is 0.652. The number of aliphatic imine (C=N–C) groups is 1. The van der Waals surface area contributed by atoms with E-state index in [1.54, 1.807) is 7.11 Å². The molecule has 2 aliphatic rings. The van der Waals surface area contributed by atoms with Crippen molar-refractivity contribution in [1.82, 2.24) is 4.57 Å². The summed E-state index contributed by atoms with van der Waals surface area (Å²) in [7, 11) is 1.72. The third kappa shape index (κ3) is 1.54. The van der Waals surface area contributed by atoms with Crippen LogP contribution in [0.3, 0.4) is 0 Å². The van der Waals surface area contributed by atoms with Crippen LogP contribution in [0.5, 0.6) is 5.75 Å². The van der Waals surface area contributed by atoms with E-state index in [2.05, 4.69) is 66.2 Å². The molecule has 3 aromatic rings. The second-order valence-corrected chi connectivity index (χ2v) is 6.55. The first-order chi connectivity index (χ1) is 11.7. The van der Waals surface area contributed by atoms with Crippen molar-refractivity contribution in [3.05, 3.63) is 77.6 Å². The molecule has 1 unspecified atom stereocenters. The predicted molar refractivity (Wildman–Crippen MR) is 96.0 cm³/mol. The largest absolute Gasteiger partial charge is 0.497 e. The van der Waals surface area contributed by atoms with Gasteiger partial charge in [0.1, 0.15) is 5.75 Å². The second-order valence-electron chi connectivity index (χ2n) is 6.55. The Balaban J connectivity index is 1.84. The molecule has 0 N–H and O–H groups in total. The molecule has 118 valence electrons. The molecular formula is C21H18N2O. The fraction of sp³-hybridized carbons (Fsp3) is 0.190. The standard InChI is InChI=1S/C21H18N2O/c1-14-21(17-12-16(24-2)9-10-18(17)22-14)13-15-6-3-4-7-19(15)23-11-5-8-20(21)23/h3-12H,13H2,1-2H3. The highest BCUT2D eigenvalue weighted by atomic mass is 16.5. The maximum Gasteiger partial charge on any atom is 0.119 e. The first-order valence-corrected chi connectivity index (χ1v) is 8.24. The van der Waals surface area contributed by atoms with Crippen molar-refractivity contribution in [2.75, 3.05) is 7.11 Å². The average Bonchev–Trinajstić information content (AvgIpc) is 3.20. The van der Waals surface area contributed by atoms with Crippen LogP contribution in [0.1, 0.15) is 23.7 Å². The van der Waals surface area contributed by atoms with Gasteiger partial charge in [0.05, 0.1) is 18.2 Å². The number of aromatic nitrogens is 1. The Morgan fingerprint density at radius 1 is 1.08 bits per heavy atom. The Morgan fingerprint density at radius 3 is 2.83 bits per heavy atom. The van der Waals surface area contributed by atoms with Crippen molar-refractivity contribution in [1.29, 1.82) is 0 Å². The molecular weight excluding hydrogens is 296 g/mol. The monoisotopic (exact) mass is 314 g/mol. The van der Waals surface area contributed by atoms with E-state index >= 15 is 0 Å². The Hall–Kier alpha value is -2.81. The van der Waals surface area contributed by atoms with Crippen LogP contribution in [0, 0.1) is 0 Å². The molecule has 3 nitrogen and oxygen atoms in total. The van der Waals surface area contributed by atoms with Crippen LogP contribution in [0.25, 0.3) is 5.69 Å². The second kappa shape index (κ2) is 4.60. The lowest BCUT2D eigenvalue weighted by atomic mass is 9.69. The zero-order valence-corrected chi connectivity index (χ0v) is 13.8. The number of methoxy groups -OCH3 is 1. The summed E-state index contributed by atoms with van der Waals surface area (Å²) in [5.74, 6) is 0.884. The highest BCUT2D eigenvalue weighted by molar-refractivity contribution is 6.04. The van der Waals surface area contributed by atoms with Crippen LogP contribution in [-0.2, 0) is 11.8 Å². The molecule has 0 saturated carbocycles. The molecule has 0 aliphatic carbocycles. The highest BCUT2D eigenvalue weighted by Gasteiger charge is 2.47.